The average molecular weight is 281 g/mol. The summed E-state index contributed by atoms with van der Waals surface area (Å²) in [5.41, 5.74) is 1.06. The van der Waals surface area contributed by atoms with Crippen molar-refractivity contribution in [3.63, 3.8) is 0 Å². The zero-order valence-corrected chi connectivity index (χ0v) is 11.6. The first-order valence-electron chi connectivity index (χ1n) is 6.38. The highest BCUT2D eigenvalue weighted by atomic mass is 16.4. The lowest BCUT2D eigenvalue weighted by Crippen LogP contribution is -2.35. The predicted octanol–water partition coefficient (Wildman–Crippen LogP) is 1.08. The molecular weight excluding hydrogens is 262 g/mol. The van der Waals surface area contributed by atoms with E-state index in [0.29, 0.717) is 24.2 Å². The smallest absolute Gasteiger partial charge is 0.328 e. The van der Waals surface area contributed by atoms with Gasteiger partial charge in [-0.1, -0.05) is 6.08 Å². The summed E-state index contributed by atoms with van der Waals surface area (Å²) in [4.78, 5) is 32.6. The van der Waals surface area contributed by atoms with Crippen LogP contribution >= 0.6 is 0 Å². The second kappa shape index (κ2) is 7.00. The molecule has 6 nitrogen and oxygen atoms in total. The van der Waals surface area contributed by atoms with Gasteiger partial charge in [0.15, 0.2) is 5.78 Å². The number of carboxylic acids is 2. The van der Waals surface area contributed by atoms with E-state index < -0.39 is 11.9 Å². The van der Waals surface area contributed by atoms with Gasteiger partial charge in [-0.05, 0) is 38.8 Å². The van der Waals surface area contributed by atoms with Crippen molar-refractivity contribution in [1.29, 1.82) is 0 Å². The van der Waals surface area contributed by atoms with Crippen molar-refractivity contribution >= 4 is 17.7 Å². The number of carbonyl (C=O) groups excluding carboxylic acids is 1. The second-order valence-electron chi connectivity index (χ2n) is 4.93. The van der Waals surface area contributed by atoms with Crippen LogP contribution in [0.25, 0.3) is 0 Å². The SMILES string of the molecule is CC(=O)C1=CC2CCC(C1)N2C.O=C(O)/C=C/C(=O)O. The minimum absolute atomic E-state index is 0.264. The van der Waals surface area contributed by atoms with Crippen LogP contribution in [0.2, 0.25) is 0 Å². The summed E-state index contributed by atoms with van der Waals surface area (Å²) in [6.45, 7) is 1.68. The van der Waals surface area contributed by atoms with Gasteiger partial charge in [0.1, 0.15) is 0 Å². The maximum Gasteiger partial charge on any atom is 0.328 e. The van der Waals surface area contributed by atoms with Gasteiger partial charge >= 0.3 is 11.9 Å². The van der Waals surface area contributed by atoms with Crippen molar-refractivity contribution in [2.45, 2.75) is 38.3 Å². The van der Waals surface area contributed by atoms with Crippen molar-refractivity contribution in [1.82, 2.24) is 4.90 Å². The molecule has 2 heterocycles. The molecule has 0 aliphatic carbocycles. The minimum Gasteiger partial charge on any atom is -0.478 e. The number of Topliss-reactive ketones (excluding diaryl/α,β-unsaturated/α-hetero) is 1. The number of hydrogen-bond donors (Lipinski definition) is 2. The molecule has 1 fully saturated rings. The Bertz CT molecular complexity index is 450. The number of carbonyl (C=O) groups is 3. The fraction of sp³-hybridized carbons (Fsp3) is 0.500. The summed E-state index contributed by atoms with van der Waals surface area (Å²) in [5, 5.41) is 15.6. The van der Waals surface area contributed by atoms with Gasteiger partial charge in [0.25, 0.3) is 0 Å². The van der Waals surface area contributed by atoms with Crippen LogP contribution in [0, 0.1) is 0 Å². The van der Waals surface area contributed by atoms with Crippen molar-refractivity contribution in [2.24, 2.45) is 0 Å². The third kappa shape index (κ3) is 4.62. The molecule has 2 N–H and O–H groups in total. The van der Waals surface area contributed by atoms with E-state index in [2.05, 4.69) is 18.0 Å². The number of aliphatic carboxylic acids is 2. The van der Waals surface area contributed by atoms with Gasteiger partial charge in [-0.3, -0.25) is 9.69 Å². The molecule has 2 atom stereocenters. The lowest BCUT2D eigenvalue weighted by molar-refractivity contribution is -0.134. The Morgan fingerprint density at radius 2 is 1.75 bits per heavy atom. The average Bonchev–Trinajstić information content (AvgIpc) is 2.60. The molecule has 0 saturated carbocycles. The Morgan fingerprint density at radius 3 is 2.15 bits per heavy atom. The van der Waals surface area contributed by atoms with E-state index in [0.717, 1.165) is 12.0 Å². The summed E-state index contributed by atoms with van der Waals surface area (Å²) in [6.07, 6.45) is 6.74. The van der Waals surface area contributed by atoms with Gasteiger partial charge in [0, 0.05) is 24.2 Å². The van der Waals surface area contributed by atoms with Crippen molar-refractivity contribution < 1.29 is 24.6 Å². The van der Waals surface area contributed by atoms with Crippen molar-refractivity contribution in [3.05, 3.63) is 23.8 Å². The van der Waals surface area contributed by atoms with Crippen LogP contribution in [-0.4, -0.2) is 52.0 Å². The third-order valence-corrected chi connectivity index (χ3v) is 3.56. The maximum atomic E-state index is 11.1. The Labute approximate surface area is 117 Å². The molecule has 0 aromatic carbocycles. The first kappa shape index (κ1) is 16.1. The second-order valence-corrected chi connectivity index (χ2v) is 4.93. The van der Waals surface area contributed by atoms with Gasteiger partial charge < -0.3 is 10.2 Å². The van der Waals surface area contributed by atoms with Gasteiger partial charge in [-0.15, -0.1) is 0 Å². The van der Waals surface area contributed by atoms with Crippen LogP contribution in [0.1, 0.15) is 26.2 Å². The summed E-state index contributed by atoms with van der Waals surface area (Å²) in [7, 11) is 2.16. The summed E-state index contributed by atoms with van der Waals surface area (Å²) in [5.74, 6) is -2.25. The third-order valence-electron chi connectivity index (χ3n) is 3.56. The first-order valence-corrected chi connectivity index (χ1v) is 6.38. The van der Waals surface area contributed by atoms with Gasteiger partial charge in [0.05, 0.1) is 0 Å². The molecule has 2 aliphatic rings. The topological polar surface area (TPSA) is 94.9 Å². The van der Waals surface area contributed by atoms with Crippen LogP contribution in [-0.2, 0) is 14.4 Å². The highest BCUT2D eigenvalue weighted by molar-refractivity contribution is 5.93. The summed E-state index contributed by atoms with van der Waals surface area (Å²) in [6, 6.07) is 1.18. The van der Waals surface area contributed by atoms with Gasteiger partial charge in [-0.25, -0.2) is 9.59 Å². The number of ketones is 1. The number of rotatable bonds is 3. The number of likely N-dealkylation sites (N-methyl/N-ethyl adjacent to an activating group) is 1. The fourth-order valence-corrected chi connectivity index (χ4v) is 2.45. The molecule has 6 heteroatoms. The lowest BCUT2D eigenvalue weighted by atomic mass is 9.99. The monoisotopic (exact) mass is 281 g/mol. The van der Waals surface area contributed by atoms with E-state index in [4.69, 9.17) is 10.2 Å². The molecule has 0 aromatic heterocycles. The first-order chi connectivity index (χ1) is 9.31. The van der Waals surface area contributed by atoms with E-state index in [1.54, 1.807) is 6.92 Å². The van der Waals surface area contributed by atoms with Crippen LogP contribution < -0.4 is 0 Å². The maximum absolute atomic E-state index is 11.1. The van der Waals surface area contributed by atoms with Crippen LogP contribution in [0.3, 0.4) is 0 Å². The Kier molecular flexibility index (Phi) is 5.64. The van der Waals surface area contributed by atoms with E-state index in [1.807, 2.05) is 0 Å². The quantitative estimate of drug-likeness (QED) is 0.752. The Hall–Kier alpha value is -1.95. The lowest BCUT2D eigenvalue weighted by Gasteiger charge is -2.29. The predicted molar refractivity (Wildman–Crippen MR) is 72.4 cm³/mol. The molecule has 2 rings (SSSR count). The molecule has 0 aromatic rings. The molecule has 2 unspecified atom stereocenters. The molecular formula is C14H19NO5. The van der Waals surface area contributed by atoms with Gasteiger partial charge in [0.2, 0.25) is 0 Å². The number of fused-ring (bicyclic) bond motifs is 2. The molecule has 0 amide bonds. The molecule has 20 heavy (non-hydrogen) atoms. The van der Waals surface area contributed by atoms with E-state index >= 15 is 0 Å². The molecule has 0 radical (unpaired) electrons. The highest BCUT2D eigenvalue weighted by Crippen LogP contribution is 2.33. The van der Waals surface area contributed by atoms with Gasteiger partial charge in [-0.2, -0.15) is 0 Å². The van der Waals surface area contributed by atoms with Crippen molar-refractivity contribution in [2.75, 3.05) is 7.05 Å². The van der Waals surface area contributed by atoms with E-state index in [9.17, 15) is 14.4 Å². The molecule has 0 spiro atoms. The molecule has 2 bridgehead atoms. The van der Waals surface area contributed by atoms with E-state index in [-0.39, 0.29) is 5.78 Å². The van der Waals surface area contributed by atoms with Crippen LogP contribution in [0.4, 0.5) is 0 Å². The number of hydrogen-bond acceptors (Lipinski definition) is 4. The molecule has 110 valence electrons. The van der Waals surface area contributed by atoms with Crippen LogP contribution in [0.5, 0.6) is 0 Å². The zero-order valence-electron chi connectivity index (χ0n) is 11.6. The largest absolute Gasteiger partial charge is 0.478 e. The van der Waals surface area contributed by atoms with E-state index in [1.165, 1.54) is 12.8 Å². The standard InChI is InChI=1S/C10H15NO.C4H4O4/c1-7(12)8-5-9-3-4-10(6-8)11(9)2;5-3(6)1-2-4(7)8/h5,9-10H,3-4,6H2,1-2H3;1-2H,(H,5,6)(H,7,8)/b;2-1+. The Morgan fingerprint density at radius 1 is 1.20 bits per heavy atom. The highest BCUT2D eigenvalue weighted by Gasteiger charge is 2.34. The molecule has 1 saturated heterocycles. The van der Waals surface area contributed by atoms with Crippen LogP contribution in [0.15, 0.2) is 23.8 Å². The zero-order chi connectivity index (χ0) is 15.3. The fourth-order valence-electron chi connectivity index (χ4n) is 2.45. The summed E-state index contributed by atoms with van der Waals surface area (Å²) < 4.78 is 0. The number of nitrogens with zero attached hydrogens (tertiary/aromatic N) is 1. The van der Waals surface area contributed by atoms with Crippen molar-refractivity contribution in [3.8, 4) is 0 Å². The minimum atomic E-state index is -1.26. The molecule has 2 aliphatic heterocycles. The Balaban J connectivity index is 0.000000221. The normalized spacial score (nSPS) is 24.8. The summed E-state index contributed by atoms with van der Waals surface area (Å²) >= 11 is 0. The number of carboxylic acid groups (broad SMARTS) is 2.